The first kappa shape index (κ1) is 26.4. The molecular weight excluding hydrogens is 458 g/mol. The van der Waals surface area contributed by atoms with Crippen LogP contribution >= 0.6 is 0 Å². The Bertz CT molecular complexity index is 1110. The van der Waals surface area contributed by atoms with Crippen LogP contribution in [-0.4, -0.2) is 44.7 Å². The molecule has 202 valence electrons. The number of aryl methyl sites for hydroxylation is 2. The van der Waals surface area contributed by atoms with Crippen molar-refractivity contribution >= 4 is 11.6 Å². The number of carbonyl (C=O) groups is 1. The van der Waals surface area contributed by atoms with Gasteiger partial charge in [0.25, 0.3) is 0 Å². The summed E-state index contributed by atoms with van der Waals surface area (Å²) in [5, 5.41) is 13.0. The fourth-order valence-electron chi connectivity index (χ4n) is 6.88. The zero-order valence-corrected chi connectivity index (χ0v) is 24.0. The lowest BCUT2D eigenvalue weighted by Gasteiger charge is -2.36. The van der Waals surface area contributed by atoms with E-state index in [0.29, 0.717) is 24.0 Å². The van der Waals surface area contributed by atoms with Crippen LogP contribution in [0.25, 0.3) is 0 Å². The molecule has 0 spiro atoms. The Kier molecular flexibility index (Phi) is 7.50. The molecule has 2 aromatic rings. The summed E-state index contributed by atoms with van der Waals surface area (Å²) in [6, 6.07) is 7.58. The second-order valence-electron chi connectivity index (χ2n) is 13.1. The maximum absolute atomic E-state index is 13.8. The van der Waals surface area contributed by atoms with Gasteiger partial charge in [-0.25, -0.2) is 0 Å². The van der Waals surface area contributed by atoms with E-state index in [4.69, 9.17) is 10.2 Å². The van der Waals surface area contributed by atoms with Crippen molar-refractivity contribution in [1.29, 1.82) is 0 Å². The molecule has 1 N–H and O–H groups in total. The molecule has 3 aliphatic rings. The van der Waals surface area contributed by atoms with Crippen LogP contribution in [0.3, 0.4) is 0 Å². The van der Waals surface area contributed by atoms with Gasteiger partial charge in [0.15, 0.2) is 0 Å². The highest BCUT2D eigenvalue weighted by atomic mass is 16.1. The lowest BCUT2D eigenvalue weighted by atomic mass is 9.71. The van der Waals surface area contributed by atoms with E-state index in [9.17, 15) is 4.79 Å². The average molecular weight is 506 g/mol. The molecule has 0 radical (unpaired) electrons. The Morgan fingerprint density at radius 3 is 2.38 bits per heavy atom. The Hall–Kier alpha value is -2.21. The van der Waals surface area contributed by atoms with Gasteiger partial charge in [0.1, 0.15) is 11.6 Å². The molecule has 0 aliphatic heterocycles. The first-order valence-corrected chi connectivity index (χ1v) is 14.7. The summed E-state index contributed by atoms with van der Waals surface area (Å²) in [4.78, 5) is 16.3. The highest BCUT2D eigenvalue weighted by Gasteiger charge is 2.46. The Morgan fingerprint density at radius 1 is 1.05 bits per heavy atom. The quantitative estimate of drug-likeness (QED) is 0.416. The van der Waals surface area contributed by atoms with Crippen LogP contribution in [0.2, 0.25) is 0 Å². The van der Waals surface area contributed by atoms with Crippen molar-refractivity contribution in [3.8, 4) is 0 Å². The molecule has 6 heteroatoms. The summed E-state index contributed by atoms with van der Waals surface area (Å²) in [6.07, 6.45) is 8.04. The molecule has 1 aromatic heterocycles. The van der Waals surface area contributed by atoms with E-state index < -0.39 is 0 Å². The number of aromatic nitrogens is 3. The minimum absolute atomic E-state index is 0.100. The second-order valence-corrected chi connectivity index (χ2v) is 13.1. The van der Waals surface area contributed by atoms with Crippen molar-refractivity contribution in [3.63, 3.8) is 0 Å². The van der Waals surface area contributed by atoms with E-state index in [2.05, 4.69) is 75.5 Å². The van der Waals surface area contributed by atoms with Gasteiger partial charge in [-0.2, -0.15) is 0 Å². The summed E-state index contributed by atoms with van der Waals surface area (Å²) in [5.74, 6) is 4.52. The normalized spacial score (nSPS) is 27.8. The maximum atomic E-state index is 13.8. The van der Waals surface area contributed by atoms with Gasteiger partial charge < -0.3 is 14.8 Å². The number of nitrogens with one attached hydrogen (secondary N) is 1. The van der Waals surface area contributed by atoms with Crippen molar-refractivity contribution in [2.45, 2.75) is 116 Å². The van der Waals surface area contributed by atoms with Crippen LogP contribution in [-0.2, 0) is 4.79 Å². The number of nitrogens with zero attached hydrogens (tertiary/aromatic N) is 4. The lowest BCUT2D eigenvalue weighted by Crippen LogP contribution is -2.36. The van der Waals surface area contributed by atoms with Crippen molar-refractivity contribution in [2.75, 3.05) is 12.4 Å². The van der Waals surface area contributed by atoms with E-state index in [1.54, 1.807) is 0 Å². The largest absolute Gasteiger partial charge is 0.326 e. The van der Waals surface area contributed by atoms with Gasteiger partial charge in [-0.15, -0.1) is 10.2 Å². The van der Waals surface area contributed by atoms with Gasteiger partial charge in [0.05, 0.1) is 0 Å². The summed E-state index contributed by atoms with van der Waals surface area (Å²) < 4.78 is 2.50. The Labute approximate surface area is 223 Å². The number of hydrogen-bond acceptors (Lipinski definition) is 4. The van der Waals surface area contributed by atoms with E-state index in [1.165, 1.54) is 43.5 Å². The van der Waals surface area contributed by atoms with E-state index in [1.807, 2.05) is 6.07 Å². The van der Waals surface area contributed by atoms with Crippen molar-refractivity contribution in [3.05, 3.63) is 41.0 Å². The number of hydrogen-bond donors (Lipinski definition) is 1. The van der Waals surface area contributed by atoms with Gasteiger partial charge in [0, 0.05) is 41.6 Å². The highest BCUT2D eigenvalue weighted by Crippen LogP contribution is 2.50. The Morgan fingerprint density at radius 2 is 1.76 bits per heavy atom. The molecule has 1 amide bonds. The van der Waals surface area contributed by atoms with Crippen molar-refractivity contribution in [1.82, 2.24) is 19.7 Å². The molecular formula is C31H47N5O. The third kappa shape index (κ3) is 5.50. The lowest BCUT2D eigenvalue weighted by molar-refractivity contribution is -0.120. The number of carbonyl (C=O) groups excluding carboxylic acids is 1. The third-order valence-electron chi connectivity index (χ3n) is 9.30. The predicted octanol–water partition coefficient (Wildman–Crippen LogP) is 6.61. The fourth-order valence-corrected chi connectivity index (χ4v) is 6.88. The zero-order valence-electron chi connectivity index (χ0n) is 24.0. The molecule has 1 aromatic carbocycles. The number of rotatable bonds is 9. The van der Waals surface area contributed by atoms with E-state index in [0.717, 1.165) is 41.8 Å². The summed E-state index contributed by atoms with van der Waals surface area (Å²) >= 11 is 0. The van der Waals surface area contributed by atoms with Crippen LogP contribution in [0.5, 0.6) is 0 Å². The van der Waals surface area contributed by atoms with Crippen molar-refractivity contribution < 1.29 is 4.79 Å². The number of amides is 1. The SMILES string of the molecule is Cc1ccc(NC(=O)[C@H]2CC(N(C)C(C)C)C[C@@H]2c2nnc([C@H]3C[C@@H](CC(C)C)C3)n2C2CC2)c(C)c1. The van der Waals surface area contributed by atoms with Gasteiger partial charge >= 0.3 is 0 Å². The third-order valence-corrected chi connectivity index (χ3v) is 9.30. The van der Waals surface area contributed by atoms with Crippen LogP contribution < -0.4 is 5.32 Å². The predicted molar refractivity (Wildman–Crippen MR) is 150 cm³/mol. The summed E-state index contributed by atoms with van der Waals surface area (Å²) in [7, 11) is 2.21. The first-order valence-electron chi connectivity index (χ1n) is 14.7. The molecule has 6 nitrogen and oxygen atoms in total. The van der Waals surface area contributed by atoms with Gasteiger partial charge in [0.2, 0.25) is 5.91 Å². The van der Waals surface area contributed by atoms with Crippen LogP contribution in [0.15, 0.2) is 18.2 Å². The van der Waals surface area contributed by atoms with Gasteiger partial charge in [-0.05, 0) is 103 Å². The van der Waals surface area contributed by atoms with E-state index in [-0.39, 0.29) is 17.7 Å². The molecule has 1 unspecified atom stereocenters. The first-order chi connectivity index (χ1) is 17.6. The standard InChI is InChI=1S/C31H47N5O/c1-18(2)12-22-14-23(15-22)29-33-34-30(36(29)24-9-10-24)26-16-25(35(7)19(3)4)17-27(26)31(37)32-28-11-8-20(5)13-21(28)6/h8,11,13,18-19,22-27H,9-10,12,14-17H2,1-7H3,(H,32,37)/t22-,23+,25?,26-,27-/m0/s1. The molecule has 3 saturated carbocycles. The van der Waals surface area contributed by atoms with Gasteiger partial charge in [-0.1, -0.05) is 31.5 Å². The second kappa shape index (κ2) is 10.5. The minimum Gasteiger partial charge on any atom is -0.326 e. The summed E-state index contributed by atoms with van der Waals surface area (Å²) in [5.41, 5.74) is 3.25. The fraction of sp³-hybridized carbons (Fsp3) is 0.710. The molecule has 3 atom stereocenters. The van der Waals surface area contributed by atoms with E-state index >= 15 is 0 Å². The zero-order chi connectivity index (χ0) is 26.4. The minimum atomic E-state index is -0.100. The number of anilines is 1. The topological polar surface area (TPSA) is 63.1 Å². The van der Waals surface area contributed by atoms with Crippen LogP contribution in [0.1, 0.15) is 113 Å². The molecule has 0 bridgehead atoms. The highest BCUT2D eigenvalue weighted by molar-refractivity contribution is 5.94. The average Bonchev–Trinajstić information content (AvgIpc) is 3.40. The molecule has 0 saturated heterocycles. The monoisotopic (exact) mass is 505 g/mol. The molecule has 37 heavy (non-hydrogen) atoms. The van der Waals surface area contributed by atoms with Gasteiger partial charge in [-0.3, -0.25) is 4.79 Å². The maximum Gasteiger partial charge on any atom is 0.228 e. The molecule has 3 fully saturated rings. The molecule has 5 rings (SSSR count). The summed E-state index contributed by atoms with van der Waals surface area (Å²) in [6.45, 7) is 13.3. The smallest absolute Gasteiger partial charge is 0.228 e. The molecule has 1 heterocycles. The molecule has 3 aliphatic carbocycles. The Balaban J connectivity index is 1.41. The van der Waals surface area contributed by atoms with Crippen LogP contribution in [0, 0.1) is 31.6 Å². The van der Waals surface area contributed by atoms with Crippen LogP contribution in [0.4, 0.5) is 5.69 Å². The number of benzene rings is 1. The van der Waals surface area contributed by atoms with Crippen molar-refractivity contribution in [2.24, 2.45) is 17.8 Å².